The number of unbranched alkanes of at least 4 members (excludes halogenated alkanes) is 12. The second-order valence-corrected chi connectivity index (χ2v) is 7.40. The highest BCUT2D eigenvalue weighted by atomic mass is 16.5. The standard InChI is InChI=1S/C21H42O4/c1-3-4-5-6-7-8-9-10-11-12-13-14-15-16-19(2)21(24)25-18-20(23)17-22/h19-20,22-23H,3-18H2,1-2H3. The van der Waals surface area contributed by atoms with Gasteiger partial charge in [-0.3, -0.25) is 4.79 Å². The van der Waals surface area contributed by atoms with Crippen LogP contribution in [-0.2, 0) is 9.53 Å². The van der Waals surface area contributed by atoms with E-state index in [-0.39, 0.29) is 25.1 Å². The van der Waals surface area contributed by atoms with Crippen molar-refractivity contribution < 1.29 is 19.7 Å². The molecule has 2 atom stereocenters. The molecule has 0 aromatic heterocycles. The first-order valence-corrected chi connectivity index (χ1v) is 10.6. The van der Waals surface area contributed by atoms with Crippen molar-refractivity contribution in [3.63, 3.8) is 0 Å². The monoisotopic (exact) mass is 358 g/mol. The minimum absolute atomic E-state index is 0.113. The molecular formula is C21H42O4. The average Bonchev–Trinajstić information content (AvgIpc) is 2.62. The molecule has 0 aliphatic heterocycles. The summed E-state index contributed by atoms with van der Waals surface area (Å²) in [5.41, 5.74) is 0. The van der Waals surface area contributed by atoms with Crippen molar-refractivity contribution >= 4 is 5.97 Å². The second kappa shape index (κ2) is 18.2. The van der Waals surface area contributed by atoms with E-state index in [0.29, 0.717) is 0 Å². The summed E-state index contributed by atoms with van der Waals surface area (Å²) in [7, 11) is 0. The number of hydrogen-bond donors (Lipinski definition) is 2. The Morgan fingerprint density at radius 3 is 1.72 bits per heavy atom. The van der Waals surface area contributed by atoms with Gasteiger partial charge < -0.3 is 14.9 Å². The zero-order valence-electron chi connectivity index (χ0n) is 16.7. The summed E-state index contributed by atoms with van der Waals surface area (Å²) < 4.78 is 4.97. The number of carbonyl (C=O) groups is 1. The van der Waals surface area contributed by atoms with Gasteiger partial charge in [-0.15, -0.1) is 0 Å². The summed E-state index contributed by atoms with van der Waals surface area (Å²) in [5, 5.41) is 17.8. The maximum absolute atomic E-state index is 11.7. The molecule has 0 amide bonds. The van der Waals surface area contributed by atoms with Crippen molar-refractivity contribution in [1.82, 2.24) is 0 Å². The molecule has 25 heavy (non-hydrogen) atoms. The zero-order valence-corrected chi connectivity index (χ0v) is 16.7. The normalized spacial score (nSPS) is 13.6. The molecule has 0 bridgehead atoms. The van der Waals surface area contributed by atoms with Gasteiger partial charge in [-0.05, 0) is 6.42 Å². The van der Waals surface area contributed by atoms with E-state index in [1.165, 1.54) is 77.0 Å². The van der Waals surface area contributed by atoms with Gasteiger partial charge in [0.05, 0.1) is 12.5 Å². The van der Waals surface area contributed by atoms with Crippen LogP contribution in [0.15, 0.2) is 0 Å². The Balaban J connectivity index is 3.30. The van der Waals surface area contributed by atoms with Crippen LogP contribution < -0.4 is 0 Å². The highest BCUT2D eigenvalue weighted by Gasteiger charge is 2.15. The molecule has 0 aromatic carbocycles. The number of esters is 1. The van der Waals surface area contributed by atoms with E-state index in [1.807, 2.05) is 6.92 Å². The maximum Gasteiger partial charge on any atom is 0.308 e. The minimum atomic E-state index is -0.965. The Kier molecular flexibility index (Phi) is 17.7. The minimum Gasteiger partial charge on any atom is -0.463 e. The van der Waals surface area contributed by atoms with E-state index < -0.39 is 6.10 Å². The molecule has 4 nitrogen and oxygen atoms in total. The molecule has 0 radical (unpaired) electrons. The maximum atomic E-state index is 11.7. The van der Waals surface area contributed by atoms with Crippen molar-refractivity contribution in [2.24, 2.45) is 5.92 Å². The first kappa shape index (κ1) is 24.4. The summed E-state index contributed by atoms with van der Waals surface area (Å²) in [6.07, 6.45) is 17.1. The van der Waals surface area contributed by atoms with Gasteiger partial charge in [-0.25, -0.2) is 0 Å². The van der Waals surface area contributed by atoms with E-state index in [0.717, 1.165) is 12.8 Å². The van der Waals surface area contributed by atoms with Crippen LogP contribution >= 0.6 is 0 Å². The van der Waals surface area contributed by atoms with Crippen LogP contribution in [0.4, 0.5) is 0 Å². The summed E-state index contributed by atoms with van der Waals surface area (Å²) in [4.78, 5) is 11.7. The van der Waals surface area contributed by atoms with Crippen LogP contribution in [0, 0.1) is 5.92 Å². The number of hydrogen-bond acceptors (Lipinski definition) is 4. The van der Waals surface area contributed by atoms with Gasteiger partial charge in [0.15, 0.2) is 0 Å². The van der Waals surface area contributed by atoms with Crippen molar-refractivity contribution in [1.29, 1.82) is 0 Å². The lowest BCUT2D eigenvalue weighted by Crippen LogP contribution is -2.24. The zero-order chi connectivity index (χ0) is 18.8. The van der Waals surface area contributed by atoms with E-state index in [4.69, 9.17) is 14.9 Å². The van der Waals surface area contributed by atoms with Crippen molar-refractivity contribution in [3.8, 4) is 0 Å². The summed E-state index contributed by atoms with van der Waals surface area (Å²) >= 11 is 0. The fourth-order valence-electron chi connectivity index (χ4n) is 2.96. The van der Waals surface area contributed by atoms with Gasteiger partial charge in [-0.1, -0.05) is 97.3 Å². The molecule has 0 fully saturated rings. The Morgan fingerprint density at radius 2 is 1.28 bits per heavy atom. The van der Waals surface area contributed by atoms with Crippen LogP contribution in [-0.4, -0.2) is 35.5 Å². The Labute approximate surface area is 155 Å². The van der Waals surface area contributed by atoms with Gasteiger partial charge in [-0.2, -0.15) is 0 Å². The molecule has 2 unspecified atom stereocenters. The summed E-state index contributed by atoms with van der Waals surface area (Å²) in [6.45, 7) is 3.64. The van der Waals surface area contributed by atoms with E-state index in [2.05, 4.69) is 6.92 Å². The van der Waals surface area contributed by atoms with Crippen LogP contribution in [0.1, 0.15) is 104 Å². The molecule has 150 valence electrons. The van der Waals surface area contributed by atoms with Crippen LogP contribution in [0.2, 0.25) is 0 Å². The fourth-order valence-corrected chi connectivity index (χ4v) is 2.96. The van der Waals surface area contributed by atoms with Gasteiger partial charge >= 0.3 is 5.97 Å². The van der Waals surface area contributed by atoms with Crippen LogP contribution in [0.25, 0.3) is 0 Å². The van der Waals surface area contributed by atoms with Gasteiger partial charge in [0, 0.05) is 0 Å². The molecule has 4 heteroatoms. The van der Waals surface area contributed by atoms with E-state index in [1.54, 1.807) is 0 Å². The van der Waals surface area contributed by atoms with Gasteiger partial charge in [0.2, 0.25) is 0 Å². The SMILES string of the molecule is CCCCCCCCCCCCCCCC(C)C(=O)OCC(O)CO. The quantitative estimate of drug-likeness (QED) is 0.267. The lowest BCUT2D eigenvalue weighted by atomic mass is 10.0. The largest absolute Gasteiger partial charge is 0.463 e. The molecule has 0 rings (SSSR count). The van der Waals surface area contributed by atoms with Gasteiger partial charge in [0.1, 0.15) is 12.7 Å². The first-order valence-electron chi connectivity index (χ1n) is 10.6. The highest BCUT2D eigenvalue weighted by Crippen LogP contribution is 2.15. The van der Waals surface area contributed by atoms with Crippen molar-refractivity contribution in [3.05, 3.63) is 0 Å². The number of aliphatic hydroxyl groups excluding tert-OH is 2. The van der Waals surface area contributed by atoms with E-state index >= 15 is 0 Å². The molecule has 0 aromatic rings. The van der Waals surface area contributed by atoms with E-state index in [9.17, 15) is 4.79 Å². The average molecular weight is 359 g/mol. The Hall–Kier alpha value is -0.610. The number of ether oxygens (including phenoxy) is 1. The molecule has 0 aliphatic rings. The first-order chi connectivity index (χ1) is 12.1. The Bertz CT molecular complexity index is 294. The number of aliphatic hydroxyl groups is 2. The lowest BCUT2D eigenvalue weighted by Gasteiger charge is -2.13. The molecule has 0 heterocycles. The number of rotatable bonds is 18. The summed E-state index contributed by atoms with van der Waals surface area (Å²) in [5.74, 6) is -0.398. The molecular weight excluding hydrogens is 316 g/mol. The highest BCUT2D eigenvalue weighted by molar-refractivity contribution is 5.71. The molecule has 0 spiro atoms. The summed E-state index contributed by atoms with van der Waals surface area (Å²) in [6, 6.07) is 0. The van der Waals surface area contributed by atoms with Crippen LogP contribution in [0.3, 0.4) is 0 Å². The van der Waals surface area contributed by atoms with Crippen molar-refractivity contribution in [2.75, 3.05) is 13.2 Å². The third kappa shape index (κ3) is 16.6. The lowest BCUT2D eigenvalue weighted by molar-refractivity contribution is -0.151. The van der Waals surface area contributed by atoms with Crippen LogP contribution in [0.5, 0.6) is 0 Å². The third-order valence-corrected chi connectivity index (χ3v) is 4.77. The van der Waals surface area contributed by atoms with Crippen molar-refractivity contribution in [2.45, 2.75) is 110 Å². The smallest absolute Gasteiger partial charge is 0.308 e. The van der Waals surface area contributed by atoms with Gasteiger partial charge in [0.25, 0.3) is 0 Å². The number of carbonyl (C=O) groups excluding carboxylic acids is 1. The Morgan fingerprint density at radius 1 is 0.840 bits per heavy atom. The molecule has 0 saturated heterocycles. The second-order valence-electron chi connectivity index (χ2n) is 7.40. The topological polar surface area (TPSA) is 66.8 Å². The predicted octanol–water partition coefficient (Wildman–Crippen LogP) is 5.00. The molecule has 0 aliphatic carbocycles. The third-order valence-electron chi connectivity index (χ3n) is 4.77. The molecule has 2 N–H and O–H groups in total. The predicted molar refractivity (Wildman–Crippen MR) is 104 cm³/mol. The fraction of sp³-hybridized carbons (Fsp3) is 0.952. The molecule has 0 saturated carbocycles.